The highest BCUT2D eigenvalue weighted by atomic mass is 19.4. The standard InChI is InChI=1S/C11H10F3N3O2/c1-6-3-4-7(5-15)8(16-6)17-10(2,9(18)19)11(12,13)14/h3-4H,1-2H3,(H,16,17)(H,18,19). The van der Waals surface area contributed by atoms with Crippen molar-refractivity contribution in [2.75, 3.05) is 5.32 Å². The van der Waals surface area contributed by atoms with Gasteiger partial charge in [-0.1, -0.05) is 0 Å². The molecule has 0 fully saturated rings. The Morgan fingerprint density at radius 3 is 2.47 bits per heavy atom. The molecule has 0 bridgehead atoms. The van der Waals surface area contributed by atoms with Gasteiger partial charge >= 0.3 is 12.1 Å². The summed E-state index contributed by atoms with van der Waals surface area (Å²) in [5, 5.41) is 19.4. The number of hydrogen-bond acceptors (Lipinski definition) is 4. The van der Waals surface area contributed by atoms with Crippen molar-refractivity contribution in [1.82, 2.24) is 4.98 Å². The summed E-state index contributed by atoms with van der Waals surface area (Å²) in [4.78, 5) is 14.6. The molecule has 0 aliphatic rings. The number of rotatable bonds is 3. The topological polar surface area (TPSA) is 86.0 Å². The van der Waals surface area contributed by atoms with E-state index in [4.69, 9.17) is 10.4 Å². The number of nitriles is 1. The van der Waals surface area contributed by atoms with Crippen LogP contribution in [0.3, 0.4) is 0 Å². The number of nitrogens with one attached hydrogen (secondary N) is 1. The quantitative estimate of drug-likeness (QED) is 0.880. The first kappa shape index (κ1) is 14.8. The molecule has 1 unspecified atom stereocenters. The third-order valence-corrected chi connectivity index (χ3v) is 2.52. The van der Waals surface area contributed by atoms with Crippen molar-refractivity contribution >= 4 is 11.8 Å². The maximum absolute atomic E-state index is 12.8. The molecular formula is C11H10F3N3O2. The number of carboxylic acid groups (broad SMARTS) is 1. The maximum atomic E-state index is 12.8. The Kier molecular flexibility index (Phi) is 3.70. The fourth-order valence-corrected chi connectivity index (χ4v) is 1.22. The van der Waals surface area contributed by atoms with Gasteiger partial charge in [0.15, 0.2) is 0 Å². The molecule has 1 aromatic rings. The van der Waals surface area contributed by atoms with Crippen LogP contribution in [0.2, 0.25) is 0 Å². The van der Waals surface area contributed by atoms with Crippen LogP contribution in [0.15, 0.2) is 12.1 Å². The molecule has 8 heteroatoms. The Labute approximate surface area is 106 Å². The molecule has 19 heavy (non-hydrogen) atoms. The largest absolute Gasteiger partial charge is 0.479 e. The minimum atomic E-state index is -5.04. The molecular weight excluding hydrogens is 263 g/mol. The van der Waals surface area contributed by atoms with E-state index in [1.165, 1.54) is 19.1 Å². The predicted molar refractivity (Wildman–Crippen MR) is 59.4 cm³/mol. The molecule has 2 N–H and O–H groups in total. The van der Waals surface area contributed by atoms with E-state index in [0.717, 1.165) is 0 Å². The molecule has 1 atom stereocenters. The van der Waals surface area contributed by atoms with E-state index in [-0.39, 0.29) is 5.56 Å². The molecule has 1 aromatic heterocycles. The van der Waals surface area contributed by atoms with Crippen molar-refractivity contribution < 1.29 is 23.1 Å². The second-order valence-corrected chi connectivity index (χ2v) is 4.01. The Hall–Kier alpha value is -2.30. The molecule has 0 spiro atoms. The predicted octanol–water partition coefficient (Wildman–Crippen LogP) is 2.08. The van der Waals surface area contributed by atoms with Gasteiger partial charge in [-0.15, -0.1) is 0 Å². The molecule has 0 saturated carbocycles. The second-order valence-electron chi connectivity index (χ2n) is 4.01. The van der Waals surface area contributed by atoms with Crippen molar-refractivity contribution in [2.24, 2.45) is 0 Å². The Balaban J connectivity index is 3.30. The molecule has 1 heterocycles. The highest BCUT2D eigenvalue weighted by molar-refractivity contribution is 5.83. The molecule has 0 aliphatic carbocycles. The lowest BCUT2D eigenvalue weighted by Crippen LogP contribution is -2.55. The fourth-order valence-electron chi connectivity index (χ4n) is 1.22. The van der Waals surface area contributed by atoms with Gasteiger partial charge in [-0.05, 0) is 26.0 Å². The van der Waals surface area contributed by atoms with Gasteiger partial charge in [0, 0.05) is 5.69 Å². The first-order chi connectivity index (χ1) is 8.61. The van der Waals surface area contributed by atoms with Gasteiger partial charge in [-0.2, -0.15) is 18.4 Å². The van der Waals surface area contributed by atoms with E-state index >= 15 is 0 Å². The van der Waals surface area contributed by atoms with Gasteiger partial charge in [0.1, 0.15) is 11.9 Å². The Bertz CT molecular complexity index is 551. The first-order valence-corrected chi connectivity index (χ1v) is 5.08. The van der Waals surface area contributed by atoms with Crippen molar-refractivity contribution in [1.29, 1.82) is 5.26 Å². The van der Waals surface area contributed by atoms with Crippen LogP contribution >= 0.6 is 0 Å². The molecule has 0 saturated heterocycles. The Morgan fingerprint density at radius 2 is 2.05 bits per heavy atom. The highest BCUT2D eigenvalue weighted by Gasteiger charge is 2.58. The van der Waals surface area contributed by atoms with Crippen LogP contribution in [0.5, 0.6) is 0 Å². The number of carboxylic acids is 1. The molecule has 0 radical (unpaired) electrons. The molecule has 0 aliphatic heterocycles. The van der Waals surface area contributed by atoms with Gasteiger partial charge in [0.05, 0.1) is 5.56 Å². The lowest BCUT2D eigenvalue weighted by molar-refractivity contribution is -0.192. The fraction of sp³-hybridized carbons (Fsp3) is 0.364. The third-order valence-electron chi connectivity index (χ3n) is 2.52. The minimum Gasteiger partial charge on any atom is -0.479 e. The van der Waals surface area contributed by atoms with Crippen LogP contribution in [0.1, 0.15) is 18.2 Å². The van der Waals surface area contributed by atoms with E-state index < -0.39 is 23.5 Å². The number of aliphatic carboxylic acids is 1. The summed E-state index contributed by atoms with van der Waals surface area (Å²) in [7, 11) is 0. The number of aromatic nitrogens is 1. The van der Waals surface area contributed by atoms with Gasteiger partial charge < -0.3 is 10.4 Å². The number of aryl methyl sites for hydroxylation is 1. The summed E-state index contributed by atoms with van der Waals surface area (Å²) in [5.74, 6) is -2.52. The number of hydrogen-bond donors (Lipinski definition) is 2. The summed E-state index contributed by atoms with van der Waals surface area (Å²) in [6.07, 6.45) is -5.04. The number of anilines is 1. The smallest absolute Gasteiger partial charge is 0.422 e. The van der Waals surface area contributed by atoms with Crippen LogP contribution in [0, 0.1) is 18.3 Å². The zero-order chi connectivity index (χ0) is 14.8. The molecule has 5 nitrogen and oxygen atoms in total. The SMILES string of the molecule is Cc1ccc(C#N)c(NC(C)(C(=O)O)C(F)(F)F)n1. The van der Waals surface area contributed by atoms with Crippen LogP contribution in [-0.2, 0) is 4.79 Å². The van der Waals surface area contributed by atoms with Gasteiger partial charge in [-0.25, -0.2) is 9.78 Å². The van der Waals surface area contributed by atoms with E-state index in [1.807, 2.05) is 0 Å². The number of halogens is 3. The average Bonchev–Trinajstić information content (AvgIpc) is 2.27. The van der Waals surface area contributed by atoms with Crippen molar-refractivity contribution in [3.63, 3.8) is 0 Å². The van der Waals surface area contributed by atoms with Crippen molar-refractivity contribution in [3.05, 3.63) is 23.4 Å². The third kappa shape index (κ3) is 2.76. The Morgan fingerprint density at radius 1 is 1.47 bits per heavy atom. The van der Waals surface area contributed by atoms with E-state index in [1.54, 1.807) is 11.4 Å². The molecule has 1 rings (SSSR count). The molecule has 0 aromatic carbocycles. The normalized spacial score (nSPS) is 14.3. The summed E-state index contributed by atoms with van der Waals surface area (Å²) in [6.45, 7) is 1.98. The average molecular weight is 273 g/mol. The monoisotopic (exact) mass is 273 g/mol. The van der Waals surface area contributed by atoms with Gasteiger partial charge in [0.25, 0.3) is 0 Å². The van der Waals surface area contributed by atoms with Crippen molar-refractivity contribution in [3.8, 4) is 6.07 Å². The maximum Gasteiger partial charge on any atom is 0.422 e. The zero-order valence-corrected chi connectivity index (χ0v) is 10.0. The number of alkyl halides is 3. The van der Waals surface area contributed by atoms with Crippen LogP contribution < -0.4 is 5.32 Å². The van der Waals surface area contributed by atoms with Crippen molar-refractivity contribution in [2.45, 2.75) is 25.6 Å². The summed E-state index contributed by atoms with van der Waals surface area (Å²) in [5.41, 5.74) is -3.03. The number of nitrogens with zero attached hydrogens (tertiary/aromatic N) is 2. The summed E-state index contributed by atoms with van der Waals surface area (Å²) < 4.78 is 38.5. The summed E-state index contributed by atoms with van der Waals surface area (Å²) >= 11 is 0. The van der Waals surface area contributed by atoms with E-state index in [2.05, 4.69) is 4.98 Å². The molecule has 0 amide bonds. The first-order valence-electron chi connectivity index (χ1n) is 5.08. The zero-order valence-electron chi connectivity index (χ0n) is 10.0. The summed E-state index contributed by atoms with van der Waals surface area (Å²) in [6, 6.07) is 4.36. The minimum absolute atomic E-state index is 0.165. The van der Waals surface area contributed by atoms with Gasteiger partial charge in [-0.3, -0.25) is 0 Å². The van der Waals surface area contributed by atoms with Crippen LogP contribution in [0.4, 0.5) is 19.0 Å². The lowest BCUT2D eigenvalue weighted by atomic mass is 10.0. The van der Waals surface area contributed by atoms with Crippen LogP contribution in [0.25, 0.3) is 0 Å². The number of carbonyl (C=O) groups is 1. The van der Waals surface area contributed by atoms with E-state index in [9.17, 15) is 18.0 Å². The van der Waals surface area contributed by atoms with Gasteiger partial charge in [0.2, 0.25) is 5.54 Å². The second kappa shape index (κ2) is 4.76. The lowest BCUT2D eigenvalue weighted by Gasteiger charge is -2.29. The molecule has 102 valence electrons. The van der Waals surface area contributed by atoms with Crippen LogP contribution in [-0.4, -0.2) is 27.8 Å². The van der Waals surface area contributed by atoms with E-state index in [0.29, 0.717) is 12.6 Å². The highest BCUT2D eigenvalue weighted by Crippen LogP contribution is 2.34. The number of pyridine rings is 1.